The van der Waals surface area contributed by atoms with Crippen molar-refractivity contribution < 1.29 is 4.79 Å². The first-order chi connectivity index (χ1) is 12.6. The van der Waals surface area contributed by atoms with Crippen LogP contribution in [0.1, 0.15) is 23.5 Å². The summed E-state index contributed by atoms with van der Waals surface area (Å²) in [5.74, 6) is 0.717. The Morgan fingerprint density at radius 3 is 2.67 bits per heavy atom. The van der Waals surface area contributed by atoms with Crippen LogP contribution in [0.2, 0.25) is 5.02 Å². The first kappa shape index (κ1) is 21.5. The first-order valence-electron chi connectivity index (χ1n) is 8.65. The standard InChI is InChI=1S/C20H23ClN4O.HI/c1-22-20(25(2)13-14-7-3-5-9-17(14)21)23-12-11-16-15-8-4-6-10-18(15)24-19(16)26;/h3-10,16H,11-13H2,1-2H3,(H,22,23)(H,24,26);1H. The Morgan fingerprint density at radius 2 is 1.93 bits per heavy atom. The third kappa shape index (κ3) is 5.13. The molecule has 0 bridgehead atoms. The second kappa shape index (κ2) is 9.94. The van der Waals surface area contributed by atoms with Gasteiger partial charge in [-0.3, -0.25) is 9.79 Å². The molecule has 144 valence electrons. The number of hydrogen-bond acceptors (Lipinski definition) is 2. The van der Waals surface area contributed by atoms with Gasteiger partial charge in [-0.05, 0) is 29.7 Å². The van der Waals surface area contributed by atoms with Crippen LogP contribution in [-0.2, 0) is 11.3 Å². The summed E-state index contributed by atoms with van der Waals surface area (Å²) < 4.78 is 0. The number of fused-ring (bicyclic) bond motifs is 1. The van der Waals surface area contributed by atoms with Crippen molar-refractivity contribution in [3.63, 3.8) is 0 Å². The molecule has 2 aromatic carbocycles. The zero-order valence-electron chi connectivity index (χ0n) is 15.4. The highest BCUT2D eigenvalue weighted by Gasteiger charge is 2.29. The van der Waals surface area contributed by atoms with Crippen LogP contribution in [0, 0.1) is 0 Å². The fourth-order valence-corrected chi connectivity index (χ4v) is 3.43. The van der Waals surface area contributed by atoms with Crippen LogP contribution >= 0.6 is 35.6 Å². The molecule has 2 aromatic rings. The third-order valence-electron chi connectivity index (χ3n) is 4.57. The van der Waals surface area contributed by atoms with E-state index in [2.05, 4.69) is 15.6 Å². The van der Waals surface area contributed by atoms with E-state index in [9.17, 15) is 4.79 Å². The average Bonchev–Trinajstić information content (AvgIpc) is 2.96. The zero-order valence-corrected chi connectivity index (χ0v) is 18.5. The molecule has 0 aliphatic carbocycles. The SMILES string of the molecule is CN=C(NCCC1C(=O)Nc2ccccc21)N(C)Cc1ccccc1Cl.I. The fraction of sp³-hybridized carbons (Fsp3) is 0.300. The van der Waals surface area contributed by atoms with E-state index in [1.54, 1.807) is 7.05 Å². The molecule has 5 nitrogen and oxygen atoms in total. The molecule has 0 fully saturated rings. The number of halogens is 2. The highest BCUT2D eigenvalue weighted by atomic mass is 127. The van der Waals surface area contributed by atoms with Crippen LogP contribution < -0.4 is 10.6 Å². The molecule has 1 aliphatic heterocycles. The predicted molar refractivity (Wildman–Crippen MR) is 122 cm³/mol. The summed E-state index contributed by atoms with van der Waals surface area (Å²) in [6, 6.07) is 15.6. The monoisotopic (exact) mass is 498 g/mol. The van der Waals surface area contributed by atoms with Crippen LogP contribution in [0.3, 0.4) is 0 Å². The number of carbonyl (C=O) groups is 1. The molecule has 1 amide bonds. The maximum Gasteiger partial charge on any atom is 0.232 e. The van der Waals surface area contributed by atoms with Crippen molar-refractivity contribution in [2.24, 2.45) is 4.99 Å². The van der Waals surface area contributed by atoms with Gasteiger partial charge in [-0.15, -0.1) is 24.0 Å². The summed E-state index contributed by atoms with van der Waals surface area (Å²) in [6.45, 7) is 1.32. The molecule has 0 saturated heterocycles. The molecule has 1 heterocycles. The van der Waals surface area contributed by atoms with Crippen molar-refractivity contribution in [1.82, 2.24) is 10.2 Å². The van der Waals surface area contributed by atoms with Crippen LogP contribution in [0.25, 0.3) is 0 Å². The van der Waals surface area contributed by atoms with Gasteiger partial charge in [0.1, 0.15) is 0 Å². The number of nitrogens with zero attached hydrogens (tertiary/aromatic N) is 2. The van der Waals surface area contributed by atoms with E-state index in [0.717, 1.165) is 27.8 Å². The van der Waals surface area contributed by atoms with E-state index in [1.807, 2.05) is 60.5 Å². The lowest BCUT2D eigenvalue weighted by atomic mass is 9.97. The third-order valence-corrected chi connectivity index (χ3v) is 4.93. The topological polar surface area (TPSA) is 56.7 Å². The van der Waals surface area contributed by atoms with Gasteiger partial charge in [-0.25, -0.2) is 0 Å². The number of nitrogens with one attached hydrogen (secondary N) is 2. The van der Waals surface area contributed by atoms with Crippen molar-refractivity contribution in [2.45, 2.75) is 18.9 Å². The lowest BCUT2D eigenvalue weighted by Crippen LogP contribution is -2.39. The molecule has 0 spiro atoms. The molecular formula is C20H24ClIN4O. The zero-order chi connectivity index (χ0) is 18.5. The molecule has 1 aliphatic rings. The largest absolute Gasteiger partial charge is 0.356 e. The minimum absolute atomic E-state index is 0. The number of rotatable bonds is 5. The van der Waals surface area contributed by atoms with Gasteiger partial charge in [0, 0.05) is 37.9 Å². The molecule has 7 heteroatoms. The number of anilines is 1. The quantitative estimate of drug-likeness (QED) is 0.371. The Hall–Kier alpha value is -1.80. The number of aliphatic imine (C=N–C) groups is 1. The average molecular weight is 499 g/mol. The number of amides is 1. The maximum atomic E-state index is 12.2. The molecule has 0 saturated carbocycles. The normalized spacial score (nSPS) is 15.6. The predicted octanol–water partition coefficient (Wildman–Crippen LogP) is 4.09. The van der Waals surface area contributed by atoms with Gasteiger partial charge in [-0.2, -0.15) is 0 Å². The highest BCUT2D eigenvalue weighted by molar-refractivity contribution is 14.0. The first-order valence-corrected chi connectivity index (χ1v) is 9.03. The number of carbonyl (C=O) groups excluding carboxylic acids is 1. The van der Waals surface area contributed by atoms with E-state index in [1.165, 1.54) is 0 Å². The van der Waals surface area contributed by atoms with Crippen molar-refractivity contribution in [3.05, 3.63) is 64.7 Å². The van der Waals surface area contributed by atoms with E-state index in [4.69, 9.17) is 11.6 Å². The summed E-state index contributed by atoms with van der Waals surface area (Å²) in [5.41, 5.74) is 3.03. The fourth-order valence-electron chi connectivity index (χ4n) is 3.23. The van der Waals surface area contributed by atoms with Crippen molar-refractivity contribution in [1.29, 1.82) is 0 Å². The molecule has 0 radical (unpaired) electrons. The molecule has 3 rings (SSSR count). The molecule has 27 heavy (non-hydrogen) atoms. The van der Waals surface area contributed by atoms with E-state index >= 15 is 0 Å². The van der Waals surface area contributed by atoms with Gasteiger partial charge in [0.05, 0.1) is 5.92 Å². The smallest absolute Gasteiger partial charge is 0.232 e. The maximum absolute atomic E-state index is 12.2. The molecule has 2 N–H and O–H groups in total. The Labute approximate surface area is 182 Å². The number of guanidine groups is 1. The van der Waals surface area contributed by atoms with Crippen molar-refractivity contribution >= 4 is 53.1 Å². The van der Waals surface area contributed by atoms with E-state index < -0.39 is 0 Å². The number of hydrogen-bond donors (Lipinski definition) is 2. The minimum Gasteiger partial charge on any atom is -0.356 e. The van der Waals surface area contributed by atoms with Gasteiger partial charge in [0.25, 0.3) is 0 Å². The van der Waals surface area contributed by atoms with Gasteiger partial charge < -0.3 is 15.5 Å². The van der Waals surface area contributed by atoms with Crippen LogP contribution in [0.5, 0.6) is 0 Å². The Morgan fingerprint density at radius 1 is 1.22 bits per heavy atom. The van der Waals surface area contributed by atoms with Gasteiger partial charge in [-0.1, -0.05) is 48.0 Å². The lowest BCUT2D eigenvalue weighted by molar-refractivity contribution is -0.117. The van der Waals surface area contributed by atoms with Gasteiger partial charge in [0.15, 0.2) is 5.96 Å². The van der Waals surface area contributed by atoms with Gasteiger partial charge >= 0.3 is 0 Å². The Bertz CT molecular complexity index is 827. The summed E-state index contributed by atoms with van der Waals surface area (Å²) in [6.07, 6.45) is 0.710. The Balaban J connectivity index is 0.00000261. The van der Waals surface area contributed by atoms with E-state index in [-0.39, 0.29) is 35.8 Å². The summed E-state index contributed by atoms with van der Waals surface area (Å²) in [5, 5.41) is 7.02. The molecular weight excluding hydrogens is 475 g/mol. The lowest BCUT2D eigenvalue weighted by Gasteiger charge is -2.23. The van der Waals surface area contributed by atoms with Crippen LogP contribution in [-0.4, -0.2) is 37.4 Å². The summed E-state index contributed by atoms with van der Waals surface area (Å²) in [7, 11) is 3.72. The Kier molecular flexibility index (Phi) is 7.91. The second-order valence-electron chi connectivity index (χ2n) is 6.34. The highest BCUT2D eigenvalue weighted by Crippen LogP contribution is 2.33. The molecule has 1 unspecified atom stereocenters. The minimum atomic E-state index is -0.120. The number of benzene rings is 2. The summed E-state index contributed by atoms with van der Waals surface area (Å²) in [4.78, 5) is 18.5. The van der Waals surface area contributed by atoms with Crippen LogP contribution in [0.4, 0.5) is 5.69 Å². The van der Waals surface area contributed by atoms with E-state index in [0.29, 0.717) is 19.5 Å². The molecule has 0 aromatic heterocycles. The number of para-hydroxylation sites is 1. The van der Waals surface area contributed by atoms with Gasteiger partial charge in [0.2, 0.25) is 5.91 Å². The van der Waals surface area contributed by atoms with Crippen molar-refractivity contribution in [2.75, 3.05) is 26.0 Å². The second-order valence-corrected chi connectivity index (χ2v) is 6.75. The molecule has 1 atom stereocenters. The van der Waals surface area contributed by atoms with Crippen molar-refractivity contribution in [3.8, 4) is 0 Å². The summed E-state index contributed by atoms with van der Waals surface area (Å²) >= 11 is 6.24. The van der Waals surface area contributed by atoms with Crippen LogP contribution in [0.15, 0.2) is 53.5 Å².